The van der Waals surface area contributed by atoms with Crippen LogP contribution in [0, 0.1) is 5.92 Å². The Labute approximate surface area is 78.5 Å². The van der Waals surface area contributed by atoms with Crippen LogP contribution in [0.25, 0.3) is 0 Å². The number of ether oxygens (including phenoxy) is 1. The average molecular weight is 237 g/mol. The molecule has 0 aromatic rings. The first-order valence-electron chi connectivity index (χ1n) is 3.23. The molecule has 0 radical (unpaired) electrons. The highest BCUT2D eigenvalue weighted by molar-refractivity contribution is 9.14. The highest BCUT2D eigenvalue weighted by Gasteiger charge is 2.28. The van der Waals surface area contributed by atoms with Crippen molar-refractivity contribution in [3.8, 4) is 0 Å². The maximum atomic E-state index is 11.1. The number of halogens is 1. The van der Waals surface area contributed by atoms with Gasteiger partial charge in [0.05, 0.1) is 16.8 Å². The summed E-state index contributed by atoms with van der Waals surface area (Å²) in [5.74, 6) is 0.628. The first-order chi connectivity index (χ1) is 5.16. The van der Waals surface area contributed by atoms with Crippen LogP contribution in [0.5, 0.6) is 0 Å². The third kappa shape index (κ3) is 1.79. The van der Waals surface area contributed by atoms with E-state index in [2.05, 4.69) is 20.7 Å². The number of methoxy groups -OCH3 is 1. The van der Waals surface area contributed by atoms with Crippen molar-refractivity contribution in [2.45, 2.75) is 6.92 Å². The van der Waals surface area contributed by atoms with Crippen LogP contribution in [0.2, 0.25) is 0 Å². The van der Waals surface area contributed by atoms with Gasteiger partial charge in [0.1, 0.15) is 0 Å². The number of thioether (sulfide) groups is 1. The minimum atomic E-state index is -0.135. The van der Waals surface area contributed by atoms with Crippen molar-refractivity contribution in [1.82, 2.24) is 0 Å². The van der Waals surface area contributed by atoms with E-state index < -0.39 is 0 Å². The fourth-order valence-electron chi connectivity index (χ4n) is 0.919. The van der Waals surface area contributed by atoms with Gasteiger partial charge >= 0.3 is 5.97 Å². The van der Waals surface area contributed by atoms with E-state index in [1.165, 1.54) is 7.11 Å². The summed E-state index contributed by atoms with van der Waals surface area (Å²) in [7, 11) is 1.42. The molecule has 0 spiro atoms. The predicted molar refractivity (Wildman–Crippen MR) is 49.6 cm³/mol. The van der Waals surface area contributed by atoms with Gasteiger partial charge in [-0.05, 0) is 28.4 Å². The average Bonchev–Trinajstić information content (AvgIpc) is 2.32. The molecule has 0 N–H and O–H groups in total. The van der Waals surface area contributed by atoms with Crippen LogP contribution in [0.1, 0.15) is 6.92 Å². The quantitative estimate of drug-likeness (QED) is 0.653. The van der Waals surface area contributed by atoms with Crippen molar-refractivity contribution in [2.75, 3.05) is 12.9 Å². The molecule has 0 amide bonds. The van der Waals surface area contributed by atoms with E-state index in [0.29, 0.717) is 0 Å². The van der Waals surface area contributed by atoms with Crippen LogP contribution in [0.3, 0.4) is 0 Å². The lowest BCUT2D eigenvalue weighted by Crippen LogP contribution is -2.16. The fourth-order valence-corrected chi connectivity index (χ4v) is 2.66. The van der Waals surface area contributed by atoms with Crippen molar-refractivity contribution < 1.29 is 9.53 Å². The molecular formula is C7H9BrO2S. The fraction of sp³-hybridized carbons (Fsp3) is 0.571. The molecule has 1 rings (SSSR count). The summed E-state index contributed by atoms with van der Waals surface area (Å²) in [6, 6.07) is 0. The number of carbonyl (C=O) groups is 1. The summed E-state index contributed by atoms with van der Waals surface area (Å²) in [6.45, 7) is 1.95. The van der Waals surface area contributed by atoms with Gasteiger partial charge in [-0.25, -0.2) is 0 Å². The summed E-state index contributed by atoms with van der Waals surface area (Å²) in [5, 5.41) is 0. The summed E-state index contributed by atoms with van der Waals surface area (Å²) in [5.41, 5.74) is 1.09. The largest absolute Gasteiger partial charge is 0.469 e. The Balaban J connectivity index is 2.71. The number of esters is 1. The molecule has 0 bridgehead atoms. The number of hydrogen-bond acceptors (Lipinski definition) is 3. The van der Waals surface area contributed by atoms with Crippen LogP contribution in [0.4, 0.5) is 0 Å². The smallest absolute Gasteiger partial charge is 0.313 e. The molecular weight excluding hydrogens is 228 g/mol. The monoisotopic (exact) mass is 236 g/mol. The normalized spacial score (nSPS) is 24.1. The Kier molecular flexibility index (Phi) is 3.01. The maximum absolute atomic E-state index is 11.1. The van der Waals surface area contributed by atoms with Crippen molar-refractivity contribution in [3.63, 3.8) is 0 Å². The van der Waals surface area contributed by atoms with E-state index in [1.54, 1.807) is 11.8 Å². The maximum Gasteiger partial charge on any atom is 0.313 e. The lowest BCUT2D eigenvalue weighted by atomic mass is 10.1. The molecule has 11 heavy (non-hydrogen) atoms. The Bertz CT molecular complexity index is 212. The SMILES string of the molecule is COC(=O)C1CSC(Br)=C1C. The molecule has 1 heterocycles. The van der Waals surface area contributed by atoms with Gasteiger partial charge in [0.2, 0.25) is 0 Å². The van der Waals surface area contributed by atoms with Crippen LogP contribution in [0.15, 0.2) is 9.39 Å². The second kappa shape index (κ2) is 3.63. The van der Waals surface area contributed by atoms with E-state index in [1.807, 2.05) is 6.92 Å². The number of rotatable bonds is 1. The molecule has 62 valence electrons. The Morgan fingerprint density at radius 1 is 1.82 bits per heavy atom. The van der Waals surface area contributed by atoms with E-state index >= 15 is 0 Å². The Morgan fingerprint density at radius 2 is 2.45 bits per heavy atom. The number of hydrogen-bond donors (Lipinski definition) is 0. The zero-order valence-electron chi connectivity index (χ0n) is 6.39. The Hall–Kier alpha value is 0.0400. The van der Waals surface area contributed by atoms with Crippen molar-refractivity contribution in [2.24, 2.45) is 5.92 Å². The zero-order valence-corrected chi connectivity index (χ0v) is 8.79. The van der Waals surface area contributed by atoms with Gasteiger partial charge in [0.15, 0.2) is 0 Å². The lowest BCUT2D eigenvalue weighted by Gasteiger charge is -2.06. The van der Waals surface area contributed by atoms with E-state index in [4.69, 9.17) is 0 Å². The van der Waals surface area contributed by atoms with Crippen molar-refractivity contribution in [1.29, 1.82) is 0 Å². The van der Waals surface area contributed by atoms with Gasteiger partial charge in [0, 0.05) is 5.75 Å². The van der Waals surface area contributed by atoms with Gasteiger partial charge in [-0.15, -0.1) is 11.8 Å². The summed E-state index contributed by atoms with van der Waals surface area (Å²) >= 11 is 5.03. The first kappa shape index (κ1) is 9.13. The van der Waals surface area contributed by atoms with Gasteiger partial charge in [-0.1, -0.05) is 0 Å². The molecule has 0 saturated carbocycles. The van der Waals surface area contributed by atoms with Crippen LogP contribution < -0.4 is 0 Å². The molecule has 1 unspecified atom stereocenters. The molecule has 1 atom stereocenters. The van der Waals surface area contributed by atoms with Gasteiger partial charge in [-0.3, -0.25) is 4.79 Å². The molecule has 0 aromatic carbocycles. The van der Waals surface area contributed by atoms with E-state index in [-0.39, 0.29) is 11.9 Å². The molecule has 1 aliphatic rings. The first-order valence-corrected chi connectivity index (χ1v) is 5.01. The van der Waals surface area contributed by atoms with Gasteiger partial charge < -0.3 is 4.74 Å². The zero-order chi connectivity index (χ0) is 8.43. The topological polar surface area (TPSA) is 26.3 Å². The summed E-state index contributed by atoms with van der Waals surface area (Å²) in [4.78, 5) is 11.1. The highest BCUT2D eigenvalue weighted by atomic mass is 79.9. The van der Waals surface area contributed by atoms with Crippen LogP contribution in [-0.4, -0.2) is 18.8 Å². The predicted octanol–water partition coefficient (Wildman–Crippen LogP) is 2.15. The van der Waals surface area contributed by atoms with E-state index in [0.717, 1.165) is 15.1 Å². The van der Waals surface area contributed by atoms with Crippen LogP contribution in [-0.2, 0) is 9.53 Å². The minimum Gasteiger partial charge on any atom is -0.469 e. The summed E-state index contributed by atoms with van der Waals surface area (Å²) < 4.78 is 5.72. The second-order valence-electron chi connectivity index (χ2n) is 2.34. The molecule has 4 heteroatoms. The molecule has 2 nitrogen and oxygen atoms in total. The molecule has 0 saturated heterocycles. The van der Waals surface area contributed by atoms with Gasteiger partial charge in [-0.2, -0.15) is 0 Å². The second-order valence-corrected chi connectivity index (χ2v) is 4.69. The minimum absolute atomic E-state index is 0.0422. The third-order valence-electron chi connectivity index (χ3n) is 1.70. The Morgan fingerprint density at radius 3 is 2.82 bits per heavy atom. The molecule has 0 aromatic heterocycles. The molecule has 1 aliphatic heterocycles. The van der Waals surface area contributed by atoms with Crippen LogP contribution >= 0.6 is 27.7 Å². The third-order valence-corrected chi connectivity index (χ3v) is 4.08. The van der Waals surface area contributed by atoms with Crippen molar-refractivity contribution >= 4 is 33.7 Å². The van der Waals surface area contributed by atoms with Crippen molar-refractivity contribution in [3.05, 3.63) is 9.39 Å². The molecule has 0 aliphatic carbocycles. The lowest BCUT2D eigenvalue weighted by molar-refractivity contribution is -0.143. The summed E-state index contributed by atoms with van der Waals surface area (Å²) in [6.07, 6.45) is 0. The van der Waals surface area contributed by atoms with Gasteiger partial charge in [0.25, 0.3) is 0 Å². The molecule has 0 fully saturated rings. The highest BCUT2D eigenvalue weighted by Crippen LogP contribution is 2.39. The number of carbonyl (C=O) groups excluding carboxylic acids is 1. The standard InChI is InChI=1S/C7H9BrO2S/c1-4-5(7(9)10-2)3-11-6(4)8/h5H,3H2,1-2H3. The van der Waals surface area contributed by atoms with E-state index in [9.17, 15) is 4.79 Å².